The van der Waals surface area contributed by atoms with E-state index in [9.17, 15) is 13.2 Å². The first-order valence-corrected chi connectivity index (χ1v) is 10.3. The number of nitrogens with one attached hydrogen (secondary N) is 2. The minimum atomic E-state index is -3.89. The predicted octanol–water partition coefficient (Wildman–Crippen LogP) is 2.39. The maximum atomic E-state index is 12.7. The minimum Gasteiger partial charge on any atom is -0.487 e. The standard InChI is InChI=1S/C16H20N4O4S2/c1-9-5-6-13-11(7-9)12(8-16(3,4)24-13)20-26(22,23)15-19-18-14(25-15)17-10(2)21/h5-7,12,20H,8H2,1-4H3,(H,17,18,21)/t12-/m1/s1. The molecule has 1 aromatic carbocycles. The molecule has 3 rings (SSSR count). The summed E-state index contributed by atoms with van der Waals surface area (Å²) in [7, 11) is -3.89. The molecule has 26 heavy (non-hydrogen) atoms. The summed E-state index contributed by atoms with van der Waals surface area (Å²) in [6.07, 6.45) is 0.472. The van der Waals surface area contributed by atoms with Gasteiger partial charge in [-0.3, -0.25) is 4.79 Å². The number of hydrogen-bond donors (Lipinski definition) is 2. The topological polar surface area (TPSA) is 110 Å². The first-order chi connectivity index (χ1) is 12.1. The van der Waals surface area contributed by atoms with Crippen molar-refractivity contribution in [1.29, 1.82) is 0 Å². The van der Waals surface area contributed by atoms with Gasteiger partial charge < -0.3 is 10.1 Å². The molecular formula is C16H20N4O4S2. The fraction of sp³-hybridized carbons (Fsp3) is 0.438. The molecule has 140 valence electrons. The van der Waals surface area contributed by atoms with Crippen molar-refractivity contribution in [3.63, 3.8) is 0 Å². The monoisotopic (exact) mass is 396 g/mol. The fourth-order valence-corrected chi connectivity index (χ4v) is 5.01. The van der Waals surface area contributed by atoms with E-state index in [1.165, 1.54) is 6.92 Å². The van der Waals surface area contributed by atoms with Crippen LogP contribution in [0.3, 0.4) is 0 Å². The molecule has 0 saturated heterocycles. The van der Waals surface area contributed by atoms with E-state index < -0.39 is 21.7 Å². The van der Waals surface area contributed by atoms with E-state index in [-0.39, 0.29) is 15.4 Å². The van der Waals surface area contributed by atoms with Gasteiger partial charge in [-0.25, -0.2) is 13.1 Å². The summed E-state index contributed by atoms with van der Waals surface area (Å²) < 4.78 is 34.0. The summed E-state index contributed by atoms with van der Waals surface area (Å²) in [5, 5.41) is 9.95. The highest BCUT2D eigenvalue weighted by Crippen LogP contribution is 2.40. The van der Waals surface area contributed by atoms with Gasteiger partial charge in [-0.05, 0) is 26.8 Å². The van der Waals surface area contributed by atoms with Gasteiger partial charge in [0, 0.05) is 18.9 Å². The largest absolute Gasteiger partial charge is 0.487 e. The zero-order chi connectivity index (χ0) is 19.1. The summed E-state index contributed by atoms with van der Waals surface area (Å²) >= 11 is 0.805. The van der Waals surface area contributed by atoms with Gasteiger partial charge in [-0.1, -0.05) is 29.0 Å². The third-order valence-corrected chi connectivity index (χ3v) is 6.52. The molecule has 2 aromatic rings. The van der Waals surface area contributed by atoms with E-state index in [1.807, 2.05) is 39.0 Å². The lowest BCUT2D eigenvalue weighted by Crippen LogP contribution is -2.41. The number of benzene rings is 1. The molecule has 0 aliphatic carbocycles. The van der Waals surface area contributed by atoms with Crippen LogP contribution in [0.1, 0.15) is 44.4 Å². The van der Waals surface area contributed by atoms with Crippen molar-refractivity contribution in [2.75, 3.05) is 5.32 Å². The van der Waals surface area contributed by atoms with Crippen molar-refractivity contribution in [3.05, 3.63) is 29.3 Å². The van der Waals surface area contributed by atoms with Crippen molar-refractivity contribution in [1.82, 2.24) is 14.9 Å². The summed E-state index contributed by atoms with van der Waals surface area (Å²) in [6.45, 7) is 7.08. The van der Waals surface area contributed by atoms with Crippen LogP contribution in [0.4, 0.5) is 5.13 Å². The lowest BCUT2D eigenvalue weighted by atomic mass is 9.89. The Morgan fingerprint density at radius 2 is 2.08 bits per heavy atom. The molecule has 0 radical (unpaired) electrons. The van der Waals surface area contributed by atoms with Crippen molar-refractivity contribution in [2.24, 2.45) is 0 Å². The number of sulfonamides is 1. The maximum Gasteiger partial charge on any atom is 0.270 e. The predicted molar refractivity (Wildman–Crippen MR) is 97.8 cm³/mol. The Morgan fingerprint density at radius 1 is 1.35 bits per heavy atom. The Balaban J connectivity index is 1.91. The van der Waals surface area contributed by atoms with Crippen molar-refractivity contribution < 1.29 is 17.9 Å². The summed E-state index contributed by atoms with van der Waals surface area (Å²) in [6, 6.07) is 5.25. The van der Waals surface area contributed by atoms with Crippen LogP contribution in [0.2, 0.25) is 0 Å². The third-order valence-electron chi connectivity index (χ3n) is 3.84. The number of aromatic nitrogens is 2. The van der Waals surface area contributed by atoms with Crippen LogP contribution in [0.5, 0.6) is 5.75 Å². The van der Waals surface area contributed by atoms with E-state index in [4.69, 9.17) is 4.74 Å². The molecule has 0 bridgehead atoms. The highest BCUT2D eigenvalue weighted by molar-refractivity contribution is 7.91. The minimum absolute atomic E-state index is 0.140. The molecule has 0 unspecified atom stereocenters. The Kier molecular flexibility index (Phi) is 4.76. The van der Waals surface area contributed by atoms with Gasteiger partial charge in [-0.15, -0.1) is 10.2 Å². The van der Waals surface area contributed by atoms with Gasteiger partial charge in [-0.2, -0.15) is 0 Å². The Labute approximate surface area is 156 Å². The number of hydrogen-bond acceptors (Lipinski definition) is 7. The molecule has 2 N–H and O–H groups in total. The third kappa shape index (κ3) is 4.02. The quantitative estimate of drug-likeness (QED) is 0.768. The van der Waals surface area contributed by atoms with Gasteiger partial charge in [0.15, 0.2) is 0 Å². The number of carbonyl (C=O) groups is 1. The molecule has 0 fully saturated rings. The second-order valence-electron chi connectivity index (χ2n) is 6.84. The van der Waals surface area contributed by atoms with Crippen LogP contribution in [0, 0.1) is 6.92 Å². The van der Waals surface area contributed by atoms with E-state index in [1.54, 1.807) is 0 Å². The van der Waals surface area contributed by atoms with Gasteiger partial charge in [0.05, 0.1) is 6.04 Å². The average Bonchev–Trinajstić information content (AvgIpc) is 2.95. The molecule has 1 atom stereocenters. The normalized spacial score (nSPS) is 18.7. The fourth-order valence-electron chi connectivity index (χ4n) is 2.84. The zero-order valence-electron chi connectivity index (χ0n) is 14.9. The SMILES string of the molecule is CC(=O)Nc1nnc(S(=O)(=O)N[C@@H]2CC(C)(C)Oc3ccc(C)cc32)s1. The zero-order valence-corrected chi connectivity index (χ0v) is 16.5. The molecule has 0 saturated carbocycles. The smallest absolute Gasteiger partial charge is 0.270 e. The van der Waals surface area contributed by atoms with Crippen LogP contribution >= 0.6 is 11.3 Å². The Morgan fingerprint density at radius 3 is 2.77 bits per heavy atom. The van der Waals surface area contributed by atoms with Crippen molar-refractivity contribution >= 4 is 32.4 Å². The molecule has 1 amide bonds. The first kappa shape index (κ1) is 18.7. The number of ether oxygens (including phenoxy) is 1. The Bertz CT molecular complexity index is 953. The van der Waals surface area contributed by atoms with Crippen LogP contribution in [-0.4, -0.2) is 30.1 Å². The highest BCUT2D eigenvalue weighted by Gasteiger charge is 2.37. The number of anilines is 1. The summed E-state index contributed by atoms with van der Waals surface area (Å²) in [5.41, 5.74) is 1.29. The molecule has 1 aliphatic rings. The summed E-state index contributed by atoms with van der Waals surface area (Å²) in [4.78, 5) is 11.1. The second kappa shape index (κ2) is 6.60. The lowest BCUT2D eigenvalue weighted by Gasteiger charge is -2.37. The van der Waals surface area contributed by atoms with Gasteiger partial charge >= 0.3 is 0 Å². The number of amides is 1. The van der Waals surface area contributed by atoms with Crippen LogP contribution in [0.25, 0.3) is 0 Å². The van der Waals surface area contributed by atoms with E-state index >= 15 is 0 Å². The van der Waals surface area contributed by atoms with Crippen LogP contribution < -0.4 is 14.8 Å². The van der Waals surface area contributed by atoms with E-state index in [0.29, 0.717) is 12.2 Å². The van der Waals surface area contributed by atoms with Gasteiger partial charge in [0.25, 0.3) is 10.0 Å². The van der Waals surface area contributed by atoms with E-state index in [0.717, 1.165) is 22.5 Å². The Hall–Kier alpha value is -2.04. The molecule has 2 heterocycles. The van der Waals surface area contributed by atoms with Crippen molar-refractivity contribution in [2.45, 2.75) is 50.1 Å². The number of carbonyl (C=O) groups excluding carboxylic acids is 1. The lowest BCUT2D eigenvalue weighted by molar-refractivity contribution is -0.114. The molecule has 8 nitrogen and oxygen atoms in total. The number of fused-ring (bicyclic) bond motifs is 1. The van der Waals surface area contributed by atoms with E-state index in [2.05, 4.69) is 20.2 Å². The van der Waals surface area contributed by atoms with Gasteiger partial charge in [0.1, 0.15) is 11.4 Å². The molecule has 1 aliphatic heterocycles. The number of nitrogens with zero attached hydrogens (tertiary/aromatic N) is 2. The summed E-state index contributed by atoms with van der Waals surface area (Å²) in [5.74, 6) is 0.324. The maximum absolute atomic E-state index is 12.7. The van der Waals surface area contributed by atoms with Crippen LogP contribution in [-0.2, 0) is 14.8 Å². The van der Waals surface area contributed by atoms with Crippen molar-refractivity contribution in [3.8, 4) is 5.75 Å². The average molecular weight is 396 g/mol. The van der Waals surface area contributed by atoms with Crippen LogP contribution in [0.15, 0.2) is 22.5 Å². The second-order valence-corrected chi connectivity index (χ2v) is 9.70. The number of aryl methyl sites for hydroxylation is 1. The van der Waals surface area contributed by atoms with Gasteiger partial charge in [0.2, 0.25) is 15.4 Å². The highest BCUT2D eigenvalue weighted by atomic mass is 32.2. The molecule has 10 heteroatoms. The molecule has 1 aromatic heterocycles. The molecule has 0 spiro atoms. The number of rotatable bonds is 4. The first-order valence-electron chi connectivity index (χ1n) is 7.99. The molecular weight excluding hydrogens is 376 g/mol.